The van der Waals surface area contributed by atoms with Crippen LogP contribution in [0.5, 0.6) is 11.5 Å². The molecule has 0 saturated heterocycles. The van der Waals surface area contributed by atoms with Gasteiger partial charge in [0, 0.05) is 0 Å². The van der Waals surface area contributed by atoms with Crippen molar-refractivity contribution in [3.05, 3.63) is 23.8 Å². The first-order chi connectivity index (χ1) is 10.1. The van der Waals surface area contributed by atoms with E-state index in [0.29, 0.717) is 36.9 Å². The van der Waals surface area contributed by atoms with E-state index in [1.54, 1.807) is 18.2 Å². The van der Waals surface area contributed by atoms with E-state index < -0.39 is 5.97 Å². The van der Waals surface area contributed by atoms with Gasteiger partial charge in [-0.1, -0.05) is 13.0 Å². The molecular weight excluding hydrogens is 272 g/mol. The van der Waals surface area contributed by atoms with Gasteiger partial charge in [-0.05, 0) is 32.4 Å². The van der Waals surface area contributed by atoms with Gasteiger partial charge in [-0.3, -0.25) is 9.59 Å². The van der Waals surface area contributed by atoms with Crippen molar-refractivity contribution in [3.63, 3.8) is 0 Å². The Morgan fingerprint density at radius 3 is 2.38 bits per heavy atom. The quantitative estimate of drug-likeness (QED) is 0.398. The van der Waals surface area contributed by atoms with Gasteiger partial charge in [-0.25, -0.2) is 0 Å². The van der Waals surface area contributed by atoms with Gasteiger partial charge in [0.1, 0.15) is 6.42 Å². The van der Waals surface area contributed by atoms with Gasteiger partial charge in [-0.2, -0.15) is 0 Å². The fraction of sp³-hybridized carbons (Fsp3) is 0.500. The minimum absolute atomic E-state index is 0.296. The number of para-hydroxylation sites is 1. The van der Waals surface area contributed by atoms with Gasteiger partial charge < -0.3 is 14.2 Å². The van der Waals surface area contributed by atoms with Crippen molar-refractivity contribution >= 4 is 11.8 Å². The Hall–Kier alpha value is -2.04. The summed E-state index contributed by atoms with van der Waals surface area (Å²) in [5.74, 6) is 0.0366. The van der Waals surface area contributed by atoms with Crippen LogP contribution in [0.25, 0.3) is 0 Å². The molecule has 1 aromatic carbocycles. The standard InChI is InChI=1S/C16H22O5/c1-4-10-21-15(18)11-13(17)12-8-7-9-14(19-5-2)16(12)20-6-3/h7-9H,4-6,10-11H2,1-3H3. The van der Waals surface area contributed by atoms with E-state index >= 15 is 0 Å². The van der Waals surface area contributed by atoms with E-state index in [0.717, 1.165) is 6.42 Å². The second-order valence-corrected chi connectivity index (χ2v) is 4.32. The molecule has 0 amide bonds. The molecule has 1 rings (SSSR count). The fourth-order valence-corrected chi connectivity index (χ4v) is 1.79. The van der Waals surface area contributed by atoms with Crippen LogP contribution in [0.1, 0.15) is 44.0 Å². The smallest absolute Gasteiger partial charge is 0.313 e. The SMILES string of the molecule is CCCOC(=O)CC(=O)c1cccc(OCC)c1OCC. The Morgan fingerprint density at radius 2 is 1.76 bits per heavy atom. The summed E-state index contributed by atoms with van der Waals surface area (Å²) < 4.78 is 15.9. The first kappa shape index (κ1) is 17.0. The molecule has 1 aromatic rings. The molecular formula is C16H22O5. The van der Waals surface area contributed by atoms with Crippen LogP contribution < -0.4 is 9.47 Å². The van der Waals surface area contributed by atoms with Gasteiger partial charge >= 0.3 is 5.97 Å². The number of Topliss-reactive ketones (excluding diaryl/α,β-unsaturated/α-hetero) is 1. The maximum Gasteiger partial charge on any atom is 0.313 e. The van der Waals surface area contributed by atoms with E-state index in [1.807, 2.05) is 20.8 Å². The van der Waals surface area contributed by atoms with Crippen molar-refractivity contribution in [2.24, 2.45) is 0 Å². The van der Waals surface area contributed by atoms with Crippen LogP contribution in [-0.2, 0) is 9.53 Å². The Labute approximate surface area is 125 Å². The lowest BCUT2D eigenvalue weighted by Crippen LogP contribution is -2.13. The molecule has 0 bridgehead atoms. The molecule has 0 aliphatic carbocycles. The van der Waals surface area contributed by atoms with Crippen LogP contribution in [0.3, 0.4) is 0 Å². The molecule has 0 aliphatic heterocycles. The number of hydrogen-bond acceptors (Lipinski definition) is 5. The number of ether oxygens (including phenoxy) is 3. The largest absolute Gasteiger partial charge is 0.490 e. The summed E-state index contributed by atoms with van der Waals surface area (Å²) in [5.41, 5.74) is 0.344. The van der Waals surface area contributed by atoms with E-state index in [2.05, 4.69) is 0 Å². The van der Waals surface area contributed by atoms with Crippen molar-refractivity contribution in [3.8, 4) is 11.5 Å². The number of esters is 1. The van der Waals surface area contributed by atoms with Gasteiger partial charge in [0.15, 0.2) is 17.3 Å². The van der Waals surface area contributed by atoms with Crippen molar-refractivity contribution in [2.45, 2.75) is 33.6 Å². The summed E-state index contributed by atoms with van der Waals surface area (Å²) in [6.45, 7) is 6.77. The molecule has 5 heteroatoms. The Kier molecular flexibility index (Phi) is 7.29. The lowest BCUT2D eigenvalue weighted by atomic mass is 10.1. The monoisotopic (exact) mass is 294 g/mol. The number of rotatable bonds is 9. The van der Waals surface area contributed by atoms with Gasteiger partial charge in [-0.15, -0.1) is 0 Å². The van der Waals surface area contributed by atoms with Crippen molar-refractivity contribution < 1.29 is 23.8 Å². The summed E-state index contributed by atoms with van der Waals surface area (Å²) in [5, 5.41) is 0. The lowest BCUT2D eigenvalue weighted by Gasteiger charge is -2.14. The van der Waals surface area contributed by atoms with Gasteiger partial charge in [0.25, 0.3) is 0 Å². The number of ketones is 1. The van der Waals surface area contributed by atoms with Crippen LogP contribution in [-0.4, -0.2) is 31.6 Å². The van der Waals surface area contributed by atoms with Crippen LogP contribution in [0.15, 0.2) is 18.2 Å². The maximum absolute atomic E-state index is 12.2. The highest BCUT2D eigenvalue weighted by atomic mass is 16.5. The predicted octanol–water partition coefficient (Wildman–Crippen LogP) is 3.01. The molecule has 0 atom stereocenters. The first-order valence-electron chi connectivity index (χ1n) is 7.21. The van der Waals surface area contributed by atoms with E-state index in [1.165, 1.54) is 0 Å². The topological polar surface area (TPSA) is 61.8 Å². The zero-order valence-electron chi connectivity index (χ0n) is 12.8. The first-order valence-corrected chi connectivity index (χ1v) is 7.21. The van der Waals surface area contributed by atoms with E-state index in [4.69, 9.17) is 14.2 Å². The fourth-order valence-electron chi connectivity index (χ4n) is 1.79. The van der Waals surface area contributed by atoms with Gasteiger partial charge in [0.2, 0.25) is 0 Å². The number of hydrogen-bond donors (Lipinski definition) is 0. The van der Waals surface area contributed by atoms with Crippen LogP contribution in [0, 0.1) is 0 Å². The number of benzene rings is 1. The third-order valence-corrected chi connectivity index (χ3v) is 2.64. The van der Waals surface area contributed by atoms with E-state index in [9.17, 15) is 9.59 Å². The Morgan fingerprint density at radius 1 is 1.05 bits per heavy atom. The summed E-state index contributed by atoms with van der Waals surface area (Å²) in [7, 11) is 0. The molecule has 0 aliphatic rings. The zero-order valence-corrected chi connectivity index (χ0v) is 12.8. The van der Waals surface area contributed by atoms with Crippen molar-refractivity contribution in [1.29, 1.82) is 0 Å². The third-order valence-electron chi connectivity index (χ3n) is 2.64. The van der Waals surface area contributed by atoms with Crippen molar-refractivity contribution in [2.75, 3.05) is 19.8 Å². The summed E-state index contributed by atoms with van der Waals surface area (Å²) in [6, 6.07) is 5.07. The molecule has 116 valence electrons. The normalized spacial score (nSPS) is 10.0. The Bertz CT molecular complexity index is 482. The van der Waals surface area contributed by atoms with Gasteiger partial charge in [0.05, 0.1) is 25.4 Å². The van der Waals surface area contributed by atoms with Crippen LogP contribution in [0.2, 0.25) is 0 Å². The second-order valence-electron chi connectivity index (χ2n) is 4.32. The van der Waals surface area contributed by atoms with Crippen molar-refractivity contribution in [1.82, 2.24) is 0 Å². The molecule has 5 nitrogen and oxygen atoms in total. The molecule has 0 unspecified atom stereocenters. The maximum atomic E-state index is 12.2. The highest BCUT2D eigenvalue weighted by Crippen LogP contribution is 2.32. The average Bonchev–Trinajstić information content (AvgIpc) is 2.47. The molecule has 0 spiro atoms. The number of carbonyl (C=O) groups is 2. The summed E-state index contributed by atoms with van der Waals surface area (Å²) in [6.07, 6.45) is 0.430. The summed E-state index contributed by atoms with van der Waals surface area (Å²) in [4.78, 5) is 23.8. The predicted molar refractivity (Wildman–Crippen MR) is 79.0 cm³/mol. The zero-order chi connectivity index (χ0) is 15.7. The molecule has 0 fully saturated rings. The Balaban J connectivity index is 2.91. The van der Waals surface area contributed by atoms with Crippen LogP contribution in [0.4, 0.5) is 0 Å². The average molecular weight is 294 g/mol. The second kappa shape index (κ2) is 9.00. The molecule has 0 N–H and O–H groups in total. The minimum Gasteiger partial charge on any atom is -0.490 e. The highest BCUT2D eigenvalue weighted by Gasteiger charge is 2.20. The molecule has 0 heterocycles. The summed E-state index contributed by atoms with van der Waals surface area (Å²) >= 11 is 0. The van der Waals surface area contributed by atoms with Crippen LogP contribution >= 0.6 is 0 Å². The third kappa shape index (κ3) is 5.10. The molecule has 0 aromatic heterocycles. The molecule has 21 heavy (non-hydrogen) atoms. The van der Waals surface area contributed by atoms with E-state index in [-0.39, 0.29) is 12.2 Å². The lowest BCUT2D eigenvalue weighted by molar-refractivity contribution is -0.142. The number of carbonyl (C=O) groups excluding carboxylic acids is 2. The highest BCUT2D eigenvalue weighted by molar-refractivity contribution is 6.08. The molecule has 0 radical (unpaired) electrons. The minimum atomic E-state index is -0.522. The molecule has 0 saturated carbocycles.